The molecule has 2 rings (SSSR count). The zero-order valence-electron chi connectivity index (χ0n) is 9.84. The van der Waals surface area contributed by atoms with E-state index >= 15 is 0 Å². The van der Waals surface area contributed by atoms with Gasteiger partial charge in [0.25, 0.3) is 0 Å². The van der Waals surface area contributed by atoms with Crippen molar-refractivity contribution in [3.63, 3.8) is 0 Å². The molecule has 1 aromatic heterocycles. The highest BCUT2D eigenvalue weighted by Crippen LogP contribution is 2.20. The minimum Gasteiger partial charge on any atom is -0.385 e. The number of carbonyl (C=O) groups is 1. The maximum absolute atomic E-state index is 11.9. The van der Waals surface area contributed by atoms with E-state index in [2.05, 4.69) is 5.10 Å². The summed E-state index contributed by atoms with van der Waals surface area (Å²) in [6.45, 7) is 6.33. The lowest BCUT2D eigenvalue weighted by molar-refractivity contribution is -0.134. The fourth-order valence-corrected chi connectivity index (χ4v) is 2.06. The Morgan fingerprint density at radius 2 is 2.25 bits per heavy atom. The third-order valence-electron chi connectivity index (χ3n) is 2.87. The highest BCUT2D eigenvalue weighted by atomic mass is 16.3. The van der Waals surface area contributed by atoms with Crippen molar-refractivity contribution in [3.8, 4) is 0 Å². The number of aromatic nitrogens is 2. The summed E-state index contributed by atoms with van der Waals surface area (Å²) in [5.74, 6) is 0.0101. The van der Waals surface area contributed by atoms with E-state index in [9.17, 15) is 9.90 Å². The minimum atomic E-state index is -0.643. The number of amides is 1. The zero-order chi connectivity index (χ0) is 11.9. The van der Waals surface area contributed by atoms with E-state index in [0.29, 0.717) is 6.54 Å². The molecule has 1 aromatic rings. The van der Waals surface area contributed by atoms with E-state index in [1.807, 2.05) is 26.8 Å². The molecule has 1 aliphatic heterocycles. The van der Waals surface area contributed by atoms with Crippen molar-refractivity contribution in [2.45, 2.75) is 39.5 Å². The van der Waals surface area contributed by atoms with Gasteiger partial charge in [-0.1, -0.05) is 0 Å². The summed E-state index contributed by atoms with van der Waals surface area (Å²) >= 11 is 0. The second kappa shape index (κ2) is 3.90. The summed E-state index contributed by atoms with van der Waals surface area (Å²) < 4.78 is 1.60. The molecule has 0 aliphatic carbocycles. The number of nitrogens with zero attached hydrogens (tertiary/aromatic N) is 3. The monoisotopic (exact) mass is 223 g/mol. The number of carbonyl (C=O) groups excluding carboxylic acids is 1. The molecule has 88 valence electrons. The molecule has 0 fully saturated rings. The second-order valence-electron chi connectivity index (χ2n) is 4.52. The maximum Gasteiger partial charge on any atom is 0.244 e. The van der Waals surface area contributed by atoms with E-state index in [4.69, 9.17) is 0 Å². The van der Waals surface area contributed by atoms with Gasteiger partial charge in [-0.05, 0) is 26.8 Å². The maximum atomic E-state index is 11.9. The Labute approximate surface area is 94.7 Å². The third-order valence-corrected chi connectivity index (χ3v) is 2.87. The molecular weight excluding hydrogens is 206 g/mol. The molecule has 0 spiro atoms. The Morgan fingerprint density at radius 3 is 2.88 bits per heavy atom. The van der Waals surface area contributed by atoms with Crippen molar-refractivity contribution < 1.29 is 9.90 Å². The molecule has 5 heteroatoms. The standard InChI is InChI=1S/C11H17N3O2/c1-7(2)13-5-10(15)9-4-8(3)12-14(9)6-11(13)16/h4,7,10,15H,5-6H2,1-3H3. The fourth-order valence-electron chi connectivity index (χ4n) is 2.06. The van der Waals surface area contributed by atoms with Gasteiger partial charge in [-0.15, -0.1) is 0 Å². The summed E-state index contributed by atoms with van der Waals surface area (Å²) in [6.07, 6.45) is -0.643. The van der Waals surface area contributed by atoms with Crippen LogP contribution in [0.4, 0.5) is 0 Å². The van der Waals surface area contributed by atoms with E-state index in [0.717, 1.165) is 11.4 Å². The van der Waals surface area contributed by atoms with Crippen molar-refractivity contribution in [2.75, 3.05) is 6.54 Å². The molecule has 0 aromatic carbocycles. The van der Waals surface area contributed by atoms with Gasteiger partial charge in [0.1, 0.15) is 12.6 Å². The van der Waals surface area contributed by atoms with Crippen LogP contribution in [0.15, 0.2) is 6.07 Å². The lowest BCUT2D eigenvalue weighted by atomic mass is 10.2. The van der Waals surface area contributed by atoms with E-state index in [1.54, 1.807) is 9.58 Å². The van der Waals surface area contributed by atoms with Crippen LogP contribution in [0.5, 0.6) is 0 Å². The SMILES string of the molecule is Cc1cc2n(n1)CC(=O)N(C(C)C)CC2O. The van der Waals surface area contributed by atoms with Crippen LogP contribution in [-0.4, -0.2) is 38.3 Å². The van der Waals surface area contributed by atoms with E-state index in [-0.39, 0.29) is 18.5 Å². The Kier molecular flexibility index (Phi) is 2.71. The van der Waals surface area contributed by atoms with Gasteiger partial charge < -0.3 is 10.0 Å². The lowest BCUT2D eigenvalue weighted by Gasteiger charge is -2.25. The van der Waals surface area contributed by atoms with Crippen molar-refractivity contribution in [2.24, 2.45) is 0 Å². The van der Waals surface area contributed by atoms with Gasteiger partial charge in [0.15, 0.2) is 0 Å². The molecule has 16 heavy (non-hydrogen) atoms. The number of hydrogen-bond donors (Lipinski definition) is 1. The van der Waals surface area contributed by atoms with Crippen LogP contribution in [0.3, 0.4) is 0 Å². The largest absolute Gasteiger partial charge is 0.385 e. The van der Waals surface area contributed by atoms with Crippen LogP contribution < -0.4 is 0 Å². The van der Waals surface area contributed by atoms with Gasteiger partial charge in [-0.25, -0.2) is 0 Å². The number of hydrogen-bond acceptors (Lipinski definition) is 3. The van der Waals surface area contributed by atoms with E-state index < -0.39 is 6.10 Å². The Balaban J connectivity index is 2.34. The number of rotatable bonds is 1. The molecule has 0 radical (unpaired) electrons. The molecular formula is C11H17N3O2. The fraction of sp³-hybridized carbons (Fsp3) is 0.636. The van der Waals surface area contributed by atoms with E-state index in [1.165, 1.54) is 0 Å². The minimum absolute atomic E-state index is 0.0101. The molecule has 1 atom stereocenters. The Bertz CT molecular complexity index is 411. The van der Waals surface area contributed by atoms with Crippen molar-refractivity contribution in [3.05, 3.63) is 17.5 Å². The molecule has 0 saturated carbocycles. The predicted octanol–water partition coefficient (Wildman–Crippen LogP) is 0.476. The molecule has 1 amide bonds. The molecule has 1 unspecified atom stereocenters. The predicted molar refractivity (Wildman–Crippen MR) is 58.8 cm³/mol. The Morgan fingerprint density at radius 1 is 1.56 bits per heavy atom. The van der Waals surface area contributed by atoms with Gasteiger partial charge >= 0.3 is 0 Å². The molecule has 2 heterocycles. The summed E-state index contributed by atoms with van der Waals surface area (Å²) in [5, 5.41) is 14.3. The lowest BCUT2D eigenvalue weighted by Crippen LogP contribution is -2.39. The second-order valence-corrected chi connectivity index (χ2v) is 4.52. The van der Waals surface area contributed by atoms with Gasteiger partial charge in [-0.2, -0.15) is 5.10 Å². The molecule has 1 N–H and O–H groups in total. The topological polar surface area (TPSA) is 58.4 Å². The first-order valence-electron chi connectivity index (χ1n) is 5.51. The first-order chi connectivity index (χ1) is 7.49. The summed E-state index contributed by atoms with van der Waals surface area (Å²) in [4.78, 5) is 13.6. The van der Waals surface area contributed by atoms with Crippen molar-refractivity contribution >= 4 is 5.91 Å². The molecule has 5 nitrogen and oxygen atoms in total. The summed E-state index contributed by atoms with van der Waals surface area (Å²) in [7, 11) is 0. The van der Waals surface area contributed by atoms with Crippen LogP contribution >= 0.6 is 0 Å². The average Bonchev–Trinajstić information content (AvgIpc) is 2.49. The number of aliphatic hydroxyl groups is 1. The van der Waals surface area contributed by atoms with Gasteiger partial charge in [0.05, 0.1) is 17.9 Å². The smallest absolute Gasteiger partial charge is 0.244 e. The van der Waals surface area contributed by atoms with Gasteiger partial charge in [0.2, 0.25) is 5.91 Å². The molecule has 0 bridgehead atoms. The number of β-amino-alcohol motifs (C(OH)–C–C–N with tert-alkyl or cyclic N) is 1. The van der Waals surface area contributed by atoms with Crippen LogP contribution in [-0.2, 0) is 11.3 Å². The average molecular weight is 223 g/mol. The first kappa shape index (κ1) is 11.1. The quantitative estimate of drug-likeness (QED) is 0.753. The highest BCUT2D eigenvalue weighted by Gasteiger charge is 2.28. The van der Waals surface area contributed by atoms with Crippen LogP contribution in [0.25, 0.3) is 0 Å². The zero-order valence-corrected chi connectivity index (χ0v) is 9.84. The number of aryl methyl sites for hydroxylation is 1. The van der Waals surface area contributed by atoms with Crippen molar-refractivity contribution in [1.82, 2.24) is 14.7 Å². The molecule has 0 saturated heterocycles. The van der Waals surface area contributed by atoms with Crippen LogP contribution in [0.2, 0.25) is 0 Å². The number of fused-ring (bicyclic) bond motifs is 1. The van der Waals surface area contributed by atoms with Gasteiger partial charge in [-0.3, -0.25) is 9.48 Å². The van der Waals surface area contributed by atoms with Crippen molar-refractivity contribution in [1.29, 1.82) is 0 Å². The summed E-state index contributed by atoms with van der Waals surface area (Å²) in [5.41, 5.74) is 1.56. The third kappa shape index (κ3) is 1.82. The Hall–Kier alpha value is -1.36. The molecule has 1 aliphatic rings. The van der Waals surface area contributed by atoms with Gasteiger partial charge in [0, 0.05) is 6.04 Å². The van der Waals surface area contributed by atoms with Crippen LogP contribution in [0, 0.1) is 6.92 Å². The first-order valence-corrected chi connectivity index (χ1v) is 5.51. The van der Waals surface area contributed by atoms with Crippen LogP contribution in [0.1, 0.15) is 31.3 Å². The number of aliphatic hydroxyl groups excluding tert-OH is 1. The summed E-state index contributed by atoms with van der Waals surface area (Å²) in [6, 6.07) is 1.94. The highest BCUT2D eigenvalue weighted by molar-refractivity contribution is 5.76. The normalized spacial score (nSPS) is 21.2.